The van der Waals surface area contributed by atoms with E-state index in [1.807, 2.05) is 26.0 Å². The van der Waals surface area contributed by atoms with Crippen molar-refractivity contribution >= 4 is 24.7 Å². The third kappa shape index (κ3) is 3.26. The van der Waals surface area contributed by atoms with Gasteiger partial charge in [-0.1, -0.05) is 88.4 Å². The number of hydrogen-bond acceptors (Lipinski definition) is 5. The molecule has 5 rings (SSSR count). The molecular formula is C27H34O5Si. The minimum atomic E-state index is -2.90. The summed E-state index contributed by atoms with van der Waals surface area (Å²) in [5.41, 5.74) is -1.43. The normalized spacial score (nSPS) is 33.0. The molecule has 0 radical (unpaired) electrons. The first-order chi connectivity index (χ1) is 15.5. The van der Waals surface area contributed by atoms with E-state index >= 15 is 0 Å². The highest BCUT2D eigenvalue weighted by atomic mass is 28.4. The van der Waals surface area contributed by atoms with E-state index in [0.29, 0.717) is 13.0 Å². The molecule has 1 aliphatic carbocycles. The maximum Gasteiger partial charge on any atom is 0.338 e. The lowest BCUT2D eigenvalue weighted by Gasteiger charge is -2.44. The number of hydrogen-bond donors (Lipinski definition) is 0. The van der Waals surface area contributed by atoms with E-state index in [-0.39, 0.29) is 23.2 Å². The van der Waals surface area contributed by atoms with Gasteiger partial charge in [-0.15, -0.1) is 0 Å². The van der Waals surface area contributed by atoms with Crippen LogP contribution in [0, 0.1) is 5.41 Å². The fraction of sp³-hybridized carbons (Fsp3) is 0.519. The maximum absolute atomic E-state index is 13.5. The first-order valence-corrected chi connectivity index (χ1v) is 13.7. The Balaban J connectivity index is 1.60. The van der Waals surface area contributed by atoms with Crippen LogP contribution in [0.4, 0.5) is 0 Å². The van der Waals surface area contributed by atoms with Gasteiger partial charge in [-0.3, -0.25) is 0 Å². The Kier molecular flexibility index (Phi) is 5.01. The third-order valence-electron chi connectivity index (χ3n) is 7.72. The Morgan fingerprint density at radius 2 is 1.48 bits per heavy atom. The van der Waals surface area contributed by atoms with E-state index in [2.05, 4.69) is 76.2 Å². The van der Waals surface area contributed by atoms with Crippen LogP contribution in [0.3, 0.4) is 0 Å². The quantitative estimate of drug-likeness (QED) is 0.496. The Hall–Kier alpha value is -1.99. The summed E-state index contributed by atoms with van der Waals surface area (Å²) in [5.74, 6) is -0.942. The predicted octanol–water partition coefficient (Wildman–Crippen LogP) is 3.79. The zero-order valence-corrected chi connectivity index (χ0v) is 21.4. The minimum Gasteiger partial charge on any atom is -0.457 e. The molecule has 0 bridgehead atoms. The molecule has 6 heteroatoms. The van der Waals surface area contributed by atoms with Crippen LogP contribution in [0.2, 0.25) is 5.04 Å². The van der Waals surface area contributed by atoms with Crippen LogP contribution in [-0.2, 0) is 23.4 Å². The average molecular weight is 467 g/mol. The average Bonchev–Trinajstić information content (AvgIpc) is 3.12. The molecule has 2 aliphatic heterocycles. The Morgan fingerprint density at radius 1 is 0.939 bits per heavy atom. The molecule has 33 heavy (non-hydrogen) atoms. The molecule has 0 unspecified atom stereocenters. The van der Waals surface area contributed by atoms with E-state index in [4.69, 9.17) is 18.6 Å². The van der Waals surface area contributed by atoms with E-state index in [1.165, 1.54) is 0 Å². The number of ether oxygens (including phenoxy) is 3. The van der Waals surface area contributed by atoms with Crippen molar-refractivity contribution in [2.45, 2.75) is 76.6 Å². The van der Waals surface area contributed by atoms with Gasteiger partial charge in [-0.2, -0.15) is 0 Å². The highest BCUT2D eigenvalue weighted by Gasteiger charge is 2.83. The Labute approximate surface area is 197 Å². The summed E-state index contributed by atoms with van der Waals surface area (Å²) in [5, 5.41) is 2.09. The number of carbonyl (C=O) groups excluding carboxylic acids is 1. The zero-order valence-electron chi connectivity index (χ0n) is 20.4. The van der Waals surface area contributed by atoms with Crippen LogP contribution in [0.15, 0.2) is 60.7 Å². The van der Waals surface area contributed by atoms with Gasteiger partial charge in [-0.25, -0.2) is 4.79 Å². The van der Waals surface area contributed by atoms with Crippen molar-refractivity contribution in [1.82, 2.24) is 0 Å². The van der Waals surface area contributed by atoms with E-state index in [0.717, 1.165) is 10.4 Å². The Bertz CT molecular complexity index is 1010. The van der Waals surface area contributed by atoms with Crippen molar-refractivity contribution in [3.63, 3.8) is 0 Å². The van der Waals surface area contributed by atoms with Gasteiger partial charge in [-0.05, 0) is 35.7 Å². The van der Waals surface area contributed by atoms with Gasteiger partial charge in [0.15, 0.2) is 11.4 Å². The summed E-state index contributed by atoms with van der Waals surface area (Å²) in [4.78, 5) is 13.5. The molecule has 0 N–H and O–H groups in total. The number of rotatable bonds is 5. The molecule has 2 saturated heterocycles. The molecule has 0 aromatic heterocycles. The van der Waals surface area contributed by atoms with Gasteiger partial charge in [0.25, 0.3) is 8.32 Å². The second-order valence-corrected chi connectivity index (χ2v) is 15.6. The molecule has 2 aromatic carbocycles. The fourth-order valence-corrected chi connectivity index (χ4v) is 10.7. The third-order valence-corrected chi connectivity index (χ3v) is 12.8. The van der Waals surface area contributed by atoms with E-state index < -0.39 is 25.1 Å². The lowest BCUT2D eigenvalue weighted by molar-refractivity contribution is -0.170. The summed E-state index contributed by atoms with van der Waals surface area (Å²) in [6, 6.07) is 20.9. The second kappa shape index (κ2) is 7.25. The second-order valence-electron chi connectivity index (χ2n) is 11.4. The van der Waals surface area contributed by atoms with Gasteiger partial charge >= 0.3 is 5.97 Å². The van der Waals surface area contributed by atoms with Crippen LogP contribution in [0.25, 0.3) is 0 Å². The Morgan fingerprint density at radius 3 is 1.91 bits per heavy atom. The molecule has 3 fully saturated rings. The van der Waals surface area contributed by atoms with Crippen LogP contribution < -0.4 is 10.4 Å². The van der Waals surface area contributed by atoms with Crippen LogP contribution in [0.5, 0.6) is 0 Å². The standard InChI is InChI=1S/C27H34O5Si/c1-24(2,3)33(19-13-9-7-10-14-19,20-15-11-8-12-16-20)32-27-18-26(27,6)22(30-23(27)28)21-17-29-25(4,5)31-21/h7-16,21-22H,17-18H2,1-6H3/t21-,22+,26+,27-/m0/s1. The first-order valence-electron chi connectivity index (χ1n) is 11.8. The van der Waals surface area contributed by atoms with E-state index in [1.54, 1.807) is 0 Å². The molecule has 5 nitrogen and oxygen atoms in total. The van der Waals surface area contributed by atoms with Crippen LogP contribution >= 0.6 is 0 Å². The number of fused-ring (bicyclic) bond motifs is 1. The van der Waals surface area contributed by atoms with Crippen molar-refractivity contribution < 1.29 is 23.4 Å². The highest BCUT2D eigenvalue weighted by molar-refractivity contribution is 6.99. The van der Waals surface area contributed by atoms with Gasteiger partial charge in [0, 0.05) is 5.41 Å². The molecule has 0 spiro atoms. The molecule has 0 amide bonds. The van der Waals surface area contributed by atoms with Gasteiger partial charge < -0.3 is 18.6 Å². The molecule has 4 atom stereocenters. The molecule has 176 valence electrons. The predicted molar refractivity (Wildman–Crippen MR) is 129 cm³/mol. The van der Waals surface area contributed by atoms with Gasteiger partial charge in [0.2, 0.25) is 0 Å². The molecule has 1 saturated carbocycles. The topological polar surface area (TPSA) is 54.0 Å². The SMILES string of the molecule is CC1(C)OC[C@@H]([C@H]2OC(=O)[C@@]3(O[Si](c4ccccc4)(c4ccccc4)C(C)(C)C)C[C@]23C)O1. The molecule has 3 aliphatic rings. The summed E-state index contributed by atoms with van der Waals surface area (Å²) in [7, 11) is -2.90. The zero-order chi connectivity index (χ0) is 23.7. The van der Waals surface area contributed by atoms with Crippen molar-refractivity contribution in [3.05, 3.63) is 60.7 Å². The monoisotopic (exact) mass is 466 g/mol. The minimum absolute atomic E-state index is 0.221. The molecule has 2 aromatic rings. The smallest absolute Gasteiger partial charge is 0.338 e. The lowest BCUT2D eigenvalue weighted by Crippen LogP contribution is -2.69. The number of esters is 1. The maximum atomic E-state index is 13.5. The van der Waals surface area contributed by atoms with Crippen molar-refractivity contribution in [2.24, 2.45) is 5.41 Å². The van der Waals surface area contributed by atoms with Crippen LogP contribution in [0.1, 0.15) is 48.0 Å². The molecular weight excluding hydrogens is 432 g/mol. The number of cyclic esters (lactones) is 1. The number of benzene rings is 2. The van der Waals surface area contributed by atoms with E-state index in [9.17, 15) is 4.79 Å². The first kappa shape index (κ1) is 22.8. The highest BCUT2D eigenvalue weighted by Crippen LogP contribution is 2.69. The number of carbonyl (C=O) groups is 1. The van der Waals surface area contributed by atoms with Gasteiger partial charge in [0.1, 0.15) is 12.2 Å². The van der Waals surface area contributed by atoms with Gasteiger partial charge in [0.05, 0.1) is 6.61 Å². The largest absolute Gasteiger partial charge is 0.457 e. The molecule has 2 heterocycles. The lowest BCUT2D eigenvalue weighted by atomic mass is 9.95. The summed E-state index contributed by atoms with van der Waals surface area (Å²) in [6.07, 6.45) is -0.0417. The summed E-state index contributed by atoms with van der Waals surface area (Å²) in [6.45, 7) is 13.0. The van der Waals surface area contributed by atoms with Crippen molar-refractivity contribution in [1.29, 1.82) is 0 Å². The van der Waals surface area contributed by atoms with Crippen molar-refractivity contribution in [3.8, 4) is 0 Å². The fourth-order valence-electron chi connectivity index (χ4n) is 5.91. The van der Waals surface area contributed by atoms with Crippen molar-refractivity contribution in [2.75, 3.05) is 6.61 Å². The summed E-state index contributed by atoms with van der Waals surface area (Å²) >= 11 is 0. The summed E-state index contributed by atoms with van der Waals surface area (Å²) < 4.78 is 25.2. The van der Waals surface area contributed by atoms with Crippen LogP contribution in [-0.4, -0.2) is 44.5 Å².